The van der Waals surface area contributed by atoms with E-state index in [0.717, 1.165) is 17.0 Å². The lowest BCUT2D eigenvalue weighted by molar-refractivity contribution is 0.0475. The number of ketones is 1. The lowest BCUT2D eigenvalue weighted by Gasteiger charge is -2.05. The number of rotatable bonds is 5. The minimum Gasteiger partial charge on any atom is -0.454 e. The molecule has 0 spiro atoms. The number of esters is 1. The summed E-state index contributed by atoms with van der Waals surface area (Å²) in [5, 5.41) is 0. The van der Waals surface area contributed by atoms with Gasteiger partial charge in [0.05, 0.1) is 5.56 Å². The third kappa shape index (κ3) is 3.57. The minimum absolute atomic E-state index is 0.226. The normalized spacial score (nSPS) is 10.4. The molecule has 0 saturated carbocycles. The van der Waals surface area contributed by atoms with E-state index in [0.29, 0.717) is 11.1 Å². The number of Topliss-reactive ketones (excluding diaryl/α,β-unsaturated/α-hetero) is 1. The molecule has 0 aliphatic heterocycles. The van der Waals surface area contributed by atoms with Crippen LogP contribution >= 0.6 is 0 Å². The monoisotopic (exact) mass is 320 g/mol. The Hall–Kier alpha value is -3.21. The number of carbonyl (C=O) groups excluding carboxylic acids is 2. The second-order valence-corrected chi connectivity index (χ2v) is 5.38. The molecular formula is C19H16N2O3. The van der Waals surface area contributed by atoms with E-state index in [2.05, 4.69) is 9.97 Å². The Kier molecular flexibility index (Phi) is 4.52. The van der Waals surface area contributed by atoms with Gasteiger partial charge in [0, 0.05) is 23.5 Å². The van der Waals surface area contributed by atoms with Gasteiger partial charge in [-0.15, -0.1) is 0 Å². The predicted octanol–water partition coefficient (Wildman–Crippen LogP) is 3.42. The summed E-state index contributed by atoms with van der Waals surface area (Å²) in [6.07, 6.45) is 3.39. The van der Waals surface area contributed by atoms with Crippen LogP contribution in [0.3, 0.4) is 0 Å². The fourth-order valence-electron chi connectivity index (χ4n) is 2.22. The van der Waals surface area contributed by atoms with Gasteiger partial charge in [-0.05, 0) is 19.1 Å². The van der Waals surface area contributed by atoms with Crippen molar-refractivity contribution in [1.29, 1.82) is 0 Å². The molecule has 3 aromatic rings. The third-order valence-electron chi connectivity index (χ3n) is 3.60. The van der Waals surface area contributed by atoms with Gasteiger partial charge < -0.3 is 9.72 Å². The molecule has 1 N–H and O–H groups in total. The summed E-state index contributed by atoms with van der Waals surface area (Å²) in [6.45, 7) is 1.67. The number of aromatic amines is 1. The van der Waals surface area contributed by atoms with Crippen LogP contribution in [0.1, 0.15) is 26.3 Å². The summed E-state index contributed by atoms with van der Waals surface area (Å²) in [7, 11) is 0. The SMILES string of the molecule is Cc1ccc(C(=O)COC(=O)c2ccc(-c3ncc[nH]3)cc2)cc1. The van der Waals surface area contributed by atoms with Gasteiger partial charge in [0.15, 0.2) is 12.4 Å². The van der Waals surface area contributed by atoms with E-state index in [4.69, 9.17) is 4.74 Å². The first kappa shape index (κ1) is 15.7. The number of aryl methyl sites for hydroxylation is 1. The molecule has 0 radical (unpaired) electrons. The van der Waals surface area contributed by atoms with E-state index in [1.165, 1.54) is 0 Å². The van der Waals surface area contributed by atoms with Crippen molar-refractivity contribution in [2.24, 2.45) is 0 Å². The molecule has 0 unspecified atom stereocenters. The smallest absolute Gasteiger partial charge is 0.338 e. The highest BCUT2D eigenvalue weighted by molar-refractivity contribution is 5.99. The molecule has 0 atom stereocenters. The van der Waals surface area contributed by atoms with Gasteiger partial charge in [0.2, 0.25) is 0 Å². The maximum absolute atomic E-state index is 12.0. The maximum Gasteiger partial charge on any atom is 0.338 e. The molecule has 0 saturated heterocycles. The number of ether oxygens (including phenoxy) is 1. The van der Waals surface area contributed by atoms with Crippen molar-refractivity contribution in [3.63, 3.8) is 0 Å². The molecule has 5 heteroatoms. The number of H-pyrrole nitrogens is 1. The van der Waals surface area contributed by atoms with E-state index < -0.39 is 5.97 Å². The van der Waals surface area contributed by atoms with Gasteiger partial charge >= 0.3 is 5.97 Å². The standard InChI is InChI=1S/C19H16N2O3/c1-13-2-4-14(5-3-13)17(22)12-24-19(23)16-8-6-15(7-9-16)18-20-10-11-21-18/h2-11H,12H2,1H3,(H,20,21). The van der Waals surface area contributed by atoms with Gasteiger partial charge in [0.25, 0.3) is 0 Å². The van der Waals surface area contributed by atoms with E-state index in [1.807, 2.05) is 19.1 Å². The van der Waals surface area contributed by atoms with Gasteiger partial charge in [-0.2, -0.15) is 0 Å². The van der Waals surface area contributed by atoms with Gasteiger partial charge in [-0.3, -0.25) is 4.79 Å². The summed E-state index contributed by atoms with van der Waals surface area (Å²) in [5.74, 6) is -0.0264. The van der Waals surface area contributed by atoms with Crippen molar-refractivity contribution in [2.75, 3.05) is 6.61 Å². The number of nitrogens with one attached hydrogen (secondary N) is 1. The molecule has 24 heavy (non-hydrogen) atoms. The van der Waals surface area contributed by atoms with Gasteiger partial charge in [-0.1, -0.05) is 42.0 Å². The number of hydrogen-bond acceptors (Lipinski definition) is 4. The van der Waals surface area contributed by atoms with Crippen LogP contribution in [0.2, 0.25) is 0 Å². The quantitative estimate of drug-likeness (QED) is 0.577. The molecule has 1 heterocycles. The lowest BCUT2D eigenvalue weighted by atomic mass is 10.1. The van der Waals surface area contributed by atoms with Crippen LogP contribution in [0.15, 0.2) is 60.9 Å². The number of nitrogens with zero attached hydrogens (tertiary/aromatic N) is 1. The molecule has 5 nitrogen and oxygen atoms in total. The fourth-order valence-corrected chi connectivity index (χ4v) is 2.22. The highest BCUT2D eigenvalue weighted by Crippen LogP contribution is 2.15. The third-order valence-corrected chi connectivity index (χ3v) is 3.60. The Balaban J connectivity index is 1.60. The molecule has 0 bridgehead atoms. The van der Waals surface area contributed by atoms with Crippen LogP contribution in [0.4, 0.5) is 0 Å². The number of benzene rings is 2. The van der Waals surface area contributed by atoms with Crippen molar-refractivity contribution in [1.82, 2.24) is 9.97 Å². The zero-order valence-corrected chi connectivity index (χ0v) is 13.2. The molecule has 0 amide bonds. The summed E-state index contributed by atoms with van der Waals surface area (Å²) < 4.78 is 5.09. The number of carbonyl (C=O) groups is 2. The second-order valence-electron chi connectivity index (χ2n) is 5.38. The average molecular weight is 320 g/mol. The molecule has 120 valence electrons. The van der Waals surface area contributed by atoms with Crippen molar-refractivity contribution < 1.29 is 14.3 Å². The molecule has 1 aromatic heterocycles. The summed E-state index contributed by atoms with van der Waals surface area (Å²) >= 11 is 0. The van der Waals surface area contributed by atoms with Crippen molar-refractivity contribution in [3.8, 4) is 11.4 Å². The second kappa shape index (κ2) is 6.91. The fraction of sp³-hybridized carbons (Fsp3) is 0.105. The first-order valence-corrected chi connectivity index (χ1v) is 7.50. The van der Waals surface area contributed by atoms with E-state index in [9.17, 15) is 9.59 Å². The van der Waals surface area contributed by atoms with Gasteiger partial charge in [-0.25, -0.2) is 9.78 Å². The minimum atomic E-state index is -0.526. The zero-order valence-electron chi connectivity index (χ0n) is 13.2. The zero-order chi connectivity index (χ0) is 16.9. The maximum atomic E-state index is 12.0. The Bertz CT molecular complexity index is 835. The number of imidazole rings is 1. The first-order chi connectivity index (χ1) is 11.6. The topological polar surface area (TPSA) is 72.1 Å². The van der Waals surface area contributed by atoms with Gasteiger partial charge in [0.1, 0.15) is 5.82 Å². The summed E-state index contributed by atoms with van der Waals surface area (Å²) in [5.41, 5.74) is 2.86. The van der Waals surface area contributed by atoms with Crippen molar-refractivity contribution in [3.05, 3.63) is 77.6 Å². The molecule has 2 aromatic carbocycles. The van der Waals surface area contributed by atoms with Crippen LogP contribution in [0, 0.1) is 6.92 Å². The van der Waals surface area contributed by atoms with Crippen molar-refractivity contribution in [2.45, 2.75) is 6.92 Å². The molecule has 0 aliphatic rings. The Morgan fingerprint density at radius 3 is 2.29 bits per heavy atom. The van der Waals surface area contributed by atoms with E-state index in [-0.39, 0.29) is 12.4 Å². The largest absolute Gasteiger partial charge is 0.454 e. The van der Waals surface area contributed by atoms with Crippen LogP contribution < -0.4 is 0 Å². The number of aromatic nitrogens is 2. The summed E-state index contributed by atoms with van der Waals surface area (Å²) in [4.78, 5) is 31.2. The molecule has 3 rings (SSSR count). The Labute approximate surface area is 139 Å². The Morgan fingerprint density at radius 1 is 1.00 bits per heavy atom. The lowest BCUT2D eigenvalue weighted by Crippen LogP contribution is -2.14. The van der Waals surface area contributed by atoms with Crippen molar-refractivity contribution >= 4 is 11.8 Å². The van der Waals surface area contributed by atoms with Crippen LogP contribution in [0.5, 0.6) is 0 Å². The average Bonchev–Trinajstić information content (AvgIpc) is 3.15. The molecule has 0 aliphatic carbocycles. The van der Waals surface area contributed by atoms with E-state index in [1.54, 1.807) is 48.8 Å². The van der Waals surface area contributed by atoms with Crippen LogP contribution in [-0.4, -0.2) is 28.3 Å². The summed E-state index contributed by atoms with van der Waals surface area (Å²) in [6, 6.07) is 14.0. The molecule has 0 fully saturated rings. The Morgan fingerprint density at radius 2 is 1.67 bits per heavy atom. The van der Waals surface area contributed by atoms with Crippen LogP contribution in [0.25, 0.3) is 11.4 Å². The predicted molar refractivity (Wildman–Crippen MR) is 89.8 cm³/mol. The highest BCUT2D eigenvalue weighted by Gasteiger charge is 2.12. The van der Waals surface area contributed by atoms with Crippen LogP contribution in [-0.2, 0) is 4.74 Å². The molecular weight excluding hydrogens is 304 g/mol. The highest BCUT2D eigenvalue weighted by atomic mass is 16.5. The van der Waals surface area contributed by atoms with E-state index >= 15 is 0 Å². The number of hydrogen-bond donors (Lipinski definition) is 1. The first-order valence-electron chi connectivity index (χ1n) is 7.50.